The quantitative estimate of drug-likeness (QED) is 0.144. The minimum Gasteiger partial charge on any atom is -0.496 e. The largest absolute Gasteiger partial charge is 0.496 e. The summed E-state index contributed by atoms with van der Waals surface area (Å²) in [5.41, 5.74) is 13.2. The fourth-order valence-corrected chi connectivity index (χ4v) is 7.01. The molecule has 0 N–H and O–H groups in total. The number of esters is 1. The maximum atomic E-state index is 11.9. The molecule has 0 fully saturated rings. The van der Waals surface area contributed by atoms with E-state index in [0.29, 0.717) is 5.75 Å². The molecule has 0 aliphatic heterocycles. The Morgan fingerprint density at radius 3 is 1.42 bits per heavy atom. The van der Waals surface area contributed by atoms with E-state index in [2.05, 4.69) is 134 Å². The molecule has 0 aromatic heterocycles. The predicted octanol–water partition coefficient (Wildman–Crippen LogP) is 9.93. The summed E-state index contributed by atoms with van der Waals surface area (Å²) in [5, 5.41) is 0. The molecule has 0 bridgehead atoms. The van der Waals surface area contributed by atoms with Gasteiger partial charge in [0.25, 0.3) is 0 Å². The molecule has 0 spiro atoms. The first-order valence-corrected chi connectivity index (χ1v) is 15.2. The smallest absolute Gasteiger partial charge is 0.308 e. The van der Waals surface area contributed by atoms with Gasteiger partial charge in [0.2, 0.25) is 0 Å². The Labute approximate surface area is 264 Å². The van der Waals surface area contributed by atoms with Gasteiger partial charge in [0.05, 0.1) is 12.5 Å². The molecular weight excluding hydrogens is 552 g/mol. The summed E-state index contributed by atoms with van der Waals surface area (Å²) < 4.78 is 11.3. The number of carbonyl (C=O) groups is 1. The Hall–Kier alpha value is -5.41. The van der Waals surface area contributed by atoms with Crippen molar-refractivity contribution in [3.05, 3.63) is 167 Å². The molecule has 0 heterocycles. The molecule has 0 radical (unpaired) electrons. The number of rotatable bonds is 6. The second-order valence-corrected chi connectivity index (χ2v) is 11.8. The van der Waals surface area contributed by atoms with Crippen LogP contribution in [0, 0.1) is 13.8 Å². The summed E-state index contributed by atoms with van der Waals surface area (Å²) in [6.45, 7) is 5.54. The lowest BCUT2D eigenvalue weighted by atomic mass is 9.67. The first-order chi connectivity index (χ1) is 21.9. The van der Waals surface area contributed by atoms with Crippen LogP contribution in [0.25, 0.3) is 33.4 Å². The van der Waals surface area contributed by atoms with Crippen molar-refractivity contribution >= 4 is 5.97 Å². The second-order valence-electron chi connectivity index (χ2n) is 11.8. The van der Waals surface area contributed by atoms with Crippen LogP contribution >= 0.6 is 0 Å². The van der Waals surface area contributed by atoms with Gasteiger partial charge in [-0.3, -0.25) is 4.79 Å². The lowest BCUT2D eigenvalue weighted by molar-refractivity contribution is -0.131. The van der Waals surface area contributed by atoms with Gasteiger partial charge in [-0.05, 0) is 105 Å². The van der Waals surface area contributed by atoms with Gasteiger partial charge in [-0.1, -0.05) is 109 Å². The third-order valence-corrected chi connectivity index (χ3v) is 9.04. The third-order valence-electron chi connectivity index (χ3n) is 9.04. The highest BCUT2D eigenvalue weighted by molar-refractivity contribution is 5.91. The number of ether oxygens (including phenoxy) is 2. The number of carbonyl (C=O) groups excluding carboxylic acids is 1. The van der Waals surface area contributed by atoms with Gasteiger partial charge >= 0.3 is 5.97 Å². The van der Waals surface area contributed by atoms with Crippen molar-refractivity contribution in [1.29, 1.82) is 0 Å². The maximum absolute atomic E-state index is 11.9. The van der Waals surface area contributed by atoms with Crippen LogP contribution in [-0.4, -0.2) is 13.1 Å². The molecule has 7 rings (SSSR count). The third kappa shape index (κ3) is 4.72. The summed E-state index contributed by atoms with van der Waals surface area (Å²) in [6.07, 6.45) is 0. The lowest BCUT2D eigenvalue weighted by Gasteiger charge is -2.35. The molecule has 0 unspecified atom stereocenters. The zero-order chi connectivity index (χ0) is 31.1. The molecule has 0 atom stereocenters. The molecule has 3 nitrogen and oxygen atoms in total. The van der Waals surface area contributed by atoms with Crippen LogP contribution in [0.1, 0.15) is 40.3 Å². The van der Waals surface area contributed by atoms with Crippen LogP contribution in [0.4, 0.5) is 0 Å². The molecular formula is C42H34O3. The Morgan fingerprint density at radius 2 is 1.00 bits per heavy atom. The lowest BCUT2D eigenvalue weighted by Crippen LogP contribution is -2.29. The van der Waals surface area contributed by atoms with E-state index in [-0.39, 0.29) is 5.97 Å². The van der Waals surface area contributed by atoms with Gasteiger partial charge in [0.1, 0.15) is 11.5 Å². The summed E-state index contributed by atoms with van der Waals surface area (Å²) in [5.74, 6) is 1.10. The van der Waals surface area contributed by atoms with Crippen molar-refractivity contribution in [2.24, 2.45) is 0 Å². The van der Waals surface area contributed by atoms with Gasteiger partial charge in [0.15, 0.2) is 0 Å². The molecule has 3 heteroatoms. The minimum atomic E-state index is -0.619. The zero-order valence-electron chi connectivity index (χ0n) is 25.9. The highest BCUT2D eigenvalue weighted by Gasteiger charge is 2.46. The summed E-state index contributed by atoms with van der Waals surface area (Å²) >= 11 is 0. The number of benzene rings is 6. The Balaban J connectivity index is 1.57. The van der Waals surface area contributed by atoms with E-state index in [1.165, 1.54) is 51.4 Å². The fraction of sp³-hybridized carbons (Fsp3) is 0.119. The number of fused-ring (bicyclic) bond motifs is 3. The summed E-state index contributed by atoms with van der Waals surface area (Å²) in [6, 6.07) is 47.6. The zero-order valence-corrected chi connectivity index (χ0v) is 25.9. The fourth-order valence-electron chi connectivity index (χ4n) is 7.01. The second kappa shape index (κ2) is 11.3. The highest BCUT2D eigenvalue weighted by Crippen LogP contribution is 2.58. The maximum Gasteiger partial charge on any atom is 0.308 e. The first-order valence-electron chi connectivity index (χ1n) is 15.2. The van der Waals surface area contributed by atoms with E-state index in [9.17, 15) is 4.79 Å². The highest BCUT2D eigenvalue weighted by atomic mass is 16.5. The molecule has 0 amide bonds. The van der Waals surface area contributed by atoms with Crippen molar-refractivity contribution in [2.75, 3.05) is 7.11 Å². The predicted molar refractivity (Wildman–Crippen MR) is 182 cm³/mol. The van der Waals surface area contributed by atoms with Crippen molar-refractivity contribution in [3.63, 3.8) is 0 Å². The minimum absolute atomic E-state index is 0.329. The van der Waals surface area contributed by atoms with Crippen molar-refractivity contribution in [2.45, 2.75) is 26.2 Å². The molecule has 1 aliphatic carbocycles. The van der Waals surface area contributed by atoms with E-state index in [4.69, 9.17) is 9.47 Å². The normalized spacial score (nSPS) is 12.7. The van der Waals surface area contributed by atoms with Crippen LogP contribution in [0.2, 0.25) is 0 Å². The molecule has 45 heavy (non-hydrogen) atoms. The van der Waals surface area contributed by atoms with Gasteiger partial charge in [0, 0.05) is 6.92 Å². The van der Waals surface area contributed by atoms with E-state index < -0.39 is 5.41 Å². The number of hydrogen-bond donors (Lipinski definition) is 0. The average Bonchev–Trinajstić information content (AvgIpc) is 3.36. The van der Waals surface area contributed by atoms with Crippen LogP contribution in [-0.2, 0) is 10.2 Å². The topological polar surface area (TPSA) is 35.5 Å². The molecule has 0 saturated heterocycles. The van der Waals surface area contributed by atoms with Gasteiger partial charge < -0.3 is 9.47 Å². The number of methoxy groups -OCH3 is 1. The van der Waals surface area contributed by atoms with Crippen LogP contribution in [0.5, 0.6) is 11.5 Å². The van der Waals surface area contributed by atoms with Crippen LogP contribution in [0.3, 0.4) is 0 Å². The van der Waals surface area contributed by atoms with E-state index in [0.717, 1.165) is 28.0 Å². The Bertz CT molecular complexity index is 1970. The van der Waals surface area contributed by atoms with Gasteiger partial charge in [-0.15, -0.1) is 0 Å². The number of aryl methyl sites for hydroxylation is 2. The SMILES string of the molecule is COc1ccc(C2(c3ccc(OC(C)=O)c(C)c3)c3ccc(-c4ccccc4)cc3-c3cc(-c4ccccc4)ccc32)cc1C. The van der Waals surface area contributed by atoms with Gasteiger partial charge in [-0.25, -0.2) is 0 Å². The summed E-state index contributed by atoms with van der Waals surface area (Å²) in [4.78, 5) is 11.9. The monoisotopic (exact) mass is 586 g/mol. The van der Waals surface area contributed by atoms with Gasteiger partial charge in [-0.2, -0.15) is 0 Å². The molecule has 220 valence electrons. The van der Waals surface area contributed by atoms with Crippen LogP contribution < -0.4 is 9.47 Å². The van der Waals surface area contributed by atoms with Crippen molar-refractivity contribution in [1.82, 2.24) is 0 Å². The van der Waals surface area contributed by atoms with Crippen molar-refractivity contribution in [3.8, 4) is 44.9 Å². The van der Waals surface area contributed by atoms with E-state index in [1.54, 1.807) is 7.11 Å². The Morgan fingerprint density at radius 1 is 0.533 bits per heavy atom. The van der Waals surface area contributed by atoms with E-state index >= 15 is 0 Å². The standard InChI is InChI=1S/C42H34O3/c1-27-23-34(17-21-40(27)44-4)42(35-18-22-41(28(2)24-35)45-29(3)43)38-19-15-32(30-11-7-5-8-12-30)25-36(38)37-26-33(16-20-39(37)42)31-13-9-6-10-14-31/h5-26H,1-4H3. The molecule has 1 aliphatic rings. The van der Waals surface area contributed by atoms with Crippen molar-refractivity contribution < 1.29 is 14.3 Å². The molecule has 6 aromatic carbocycles. The summed E-state index contributed by atoms with van der Waals surface area (Å²) in [7, 11) is 1.71. The van der Waals surface area contributed by atoms with Crippen LogP contribution in [0.15, 0.2) is 133 Å². The molecule has 0 saturated carbocycles. The average molecular weight is 587 g/mol. The number of hydrogen-bond acceptors (Lipinski definition) is 3. The van der Waals surface area contributed by atoms with E-state index in [1.807, 2.05) is 13.0 Å². The molecule has 6 aromatic rings. The Kier molecular flexibility index (Phi) is 7.10. The first kappa shape index (κ1) is 28.4.